The highest BCUT2D eigenvalue weighted by molar-refractivity contribution is 7.99. The minimum absolute atomic E-state index is 0.0723. The number of thioether (sulfide) groups is 1. The molecule has 1 N–H and O–H groups in total. The molecule has 0 saturated carbocycles. The van der Waals surface area contributed by atoms with Crippen LogP contribution in [0.1, 0.15) is 20.3 Å². The average Bonchev–Trinajstić information content (AvgIpc) is 2.03. The number of rotatable bonds is 7. The van der Waals surface area contributed by atoms with Crippen LogP contribution in [-0.2, 0) is 9.59 Å². The van der Waals surface area contributed by atoms with Crippen molar-refractivity contribution < 1.29 is 9.59 Å². The third-order valence-electron chi connectivity index (χ3n) is 1.72. The van der Waals surface area contributed by atoms with Gasteiger partial charge in [-0.3, -0.25) is 9.59 Å². The number of carbonyl (C=O) groups excluding carboxylic acids is 2. The lowest BCUT2D eigenvalue weighted by atomic mass is 10.2. The molecule has 76 valence electrons. The first-order chi connectivity index (χ1) is 6.07. The number of hydrogen-bond donors (Lipinski definition) is 1. The van der Waals surface area contributed by atoms with Gasteiger partial charge in [-0.1, -0.05) is 0 Å². The highest BCUT2D eigenvalue weighted by Gasteiger charge is 2.10. The first-order valence-electron chi connectivity index (χ1n) is 4.32. The summed E-state index contributed by atoms with van der Waals surface area (Å²) in [7, 11) is 1.78. The maximum atomic E-state index is 11.0. The zero-order valence-corrected chi connectivity index (χ0v) is 9.24. The highest BCUT2D eigenvalue weighted by atomic mass is 32.2. The standard InChI is InChI=1S/C9H17NO2S/c1-7(11)4-5-13-6-9(10-3)8(2)12/h9-10H,4-6H2,1-3H3/t9-/m1/s1. The van der Waals surface area contributed by atoms with Crippen molar-refractivity contribution in [1.82, 2.24) is 5.32 Å². The fraction of sp³-hybridized carbons (Fsp3) is 0.778. The number of hydrogen-bond acceptors (Lipinski definition) is 4. The van der Waals surface area contributed by atoms with Crippen molar-refractivity contribution in [2.45, 2.75) is 26.3 Å². The first-order valence-corrected chi connectivity index (χ1v) is 5.48. The van der Waals surface area contributed by atoms with Gasteiger partial charge in [0.25, 0.3) is 0 Å². The maximum Gasteiger partial charge on any atom is 0.147 e. The molecule has 0 heterocycles. The van der Waals surface area contributed by atoms with Gasteiger partial charge in [0.1, 0.15) is 11.6 Å². The van der Waals surface area contributed by atoms with Gasteiger partial charge in [-0.15, -0.1) is 0 Å². The summed E-state index contributed by atoms with van der Waals surface area (Å²) in [4.78, 5) is 21.6. The molecule has 0 radical (unpaired) electrons. The second-order valence-electron chi connectivity index (χ2n) is 2.98. The minimum Gasteiger partial charge on any atom is -0.310 e. The topological polar surface area (TPSA) is 46.2 Å². The van der Waals surface area contributed by atoms with Gasteiger partial charge in [-0.05, 0) is 20.9 Å². The Kier molecular flexibility index (Phi) is 6.90. The van der Waals surface area contributed by atoms with E-state index < -0.39 is 0 Å². The molecule has 0 aromatic carbocycles. The normalized spacial score (nSPS) is 12.5. The van der Waals surface area contributed by atoms with Gasteiger partial charge >= 0.3 is 0 Å². The number of carbonyl (C=O) groups is 2. The zero-order chi connectivity index (χ0) is 10.3. The Balaban J connectivity index is 3.50. The van der Waals surface area contributed by atoms with E-state index in [0.29, 0.717) is 6.42 Å². The van der Waals surface area contributed by atoms with Crippen molar-refractivity contribution in [1.29, 1.82) is 0 Å². The SMILES string of the molecule is CN[C@H](CSCCC(C)=O)C(C)=O. The van der Waals surface area contributed by atoms with E-state index >= 15 is 0 Å². The molecular formula is C9H17NO2S. The lowest BCUT2D eigenvalue weighted by molar-refractivity contribution is -0.118. The molecule has 0 aromatic rings. The molecule has 0 spiro atoms. The van der Waals surface area contributed by atoms with Gasteiger partial charge in [0.15, 0.2) is 0 Å². The summed E-state index contributed by atoms with van der Waals surface area (Å²) in [5, 5.41) is 2.93. The number of Topliss-reactive ketones (excluding diaryl/α,β-unsaturated/α-hetero) is 2. The minimum atomic E-state index is -0.0723. The predicted octanol–water partition coefficient (Wildman–Crippen LogP) is 0.876. The van der Waals surface area contributed by atoms with Gasteiger partial charge in [0.05, 0.1) is 6.04 Å². The Bertz CT molecular complexity index is 182. The van der Waals surface area contributed by atoms with Crippen LogP contribution < -0.4 is 5.32 Å². The van der Waals surface area contributed by atoms with E-state index in [9.17, 15) is 9.59 Å². The number of likely N-dealkylation sites (N-methyl/N-ethyl adjacent to an activating group) is 1. The predicted molar refractivity (Wildman–Crippen MR) is 56.2 cm³/mol. The summed E-state index contributed by atoms with van der Waals surface area (Å²) < 4.78 is 0. The summed E-state index contributed by atoms with van der Waals surface area (Å²) in [5.41, 5.74) is 0. The van der Waals surface area contributed by atoms with Crippen molar-refractivity contribution in [3.63, 3.8) is 0 Å². The fourth-order valence-electron chi connectivity index (χ4n) is 0.821. The highest BCUT2D eigenvalue weighted by Crippen LogP contribution is 2.05. The summed E-state index contributed by atoms with van der Waals surface area (Å²) in [6.07, 6.45) is 0.596. The van der Waals surface area contributed by atoms with Crippen molar-refractivity contribution in [2.24, 2.45) is 0 Å². The van der Waals surface area contributed by atoms with Crippen LogP contribution in [0.2, 0.25) is 0 Å². The van der Waals surface area contributed by atoms with Crippen LogP contribution in [0.4, 0.5) is 0 Å². The second kappa shape index (κ2) is 7.09. The molecule has 0 rings (SSSR count). The zero-order valence-electron chi connectivity index (χ0n) is 8.42. The largest absolute Gasteiger partial charge is 0.310 e. The van der Waals surface area contributed by atoms with Gasteiger partial charge in [-0.25, -0.2) is 0 Å². The van der Waals surface area contributed by atoms with Crippen LogP contribution in [0.15, 0.2) is 0 Å². The Morgan fingerprint density at radius 2 is 2.00 bits per heavy atom. The third kappa shape index (κ3) is 6.78. The summed E-state index contributed by atoms with van der Waals surface area (Å²) >= 11 is 1.64. The molecule has 0 saturated heterocycles. The molecule has 0 aromatic heterocycles. The Morgan fingerprint density at radius 1 is 1.38 bits per heavy atom. The molecule has 3 nitrogen and oxygen atoms in total. The van der Waals surface area contributed by atoms with Crippen LogP contribution >= 0.6 is 11.8 Å². The fourth-order valence-corrected chi connectivity index (χ4v) is 2.06. The number of ketones is 2. The molecule has 0 amide bonds. The van der Waals surface area contributed by atoms with Crippen molar-refractivity contribution in [3.8, 4) is 0 Å². The van der Waals surface area contributed by atoms with Crippen LogP contribution in [0, 0.1) is 0 Å². The monoisotopic (exact) mass is 203 g/mol. The molecular weight excluding hydrogens is 186 g/mol. The Morgan fingerprint density at radius 3 is 2.38 bits per heavy atom. The lowest BCUT2D eigenvalue weighted by Crippen LogP contribution is -2.34. The van der Waals surface area contributed by atoms with Crippen LogP contribution in [-0.4, -0.2) is 36.2 Å². The van der Waals surface area contributed by atoms with E-state index in [1.807, 2.05) is 0 Å². The van der Waals surface area contributed by atoms with E-state index in [-0.39, 0.29) is 17.6 Å². The van der Waals surface area contributed by atoms with E-state index in [2.05, 4.69) is 5.32 Å². The van der Waals surface area contributed by atoms with Crippen LogP contribution in [0.25, 0.3) is 0 Å². The maximum absolute atomic E-state index is 11.0. The lowest BCUT2D eigenvalue weighted by Gasteiger charge is -2.11. The van der Waals surface area contributed by atoms with E-state index in [0.717, 1.165) is 11.5 Å². The average molecular weight is 203 g/mol. The Hall–Kier alpha value is -0.350. The quantitative estimate of drug-likeness (QED) is 0.624. The summed E-state index contributed by atoms with van der Waals surface area (Å²) in [5.74, 6) is 1.91. The van der Waals surface area contributed by atoms with Crippen molar-refractivity contribution >= 4 is 23.3 Å². The Labute approximate surface area is 83.7 Å². The van der Waals surface area contributed by atoms with Crippen LogP contribution in [0.5, 0.6) is 0 Å². The molecule has 1 atom stereocenters. The smallest absolute Gasteiger partial charge is 0.147 e. The molecule has 0 fully saturated rings. The molecule has 13 heavy (non-hydrogen) atoms. The third-order valence-corrected chi connectivity index (χ3v) is 2.78. The summed E-state index contributed by atoms with van der Waals surface area (Å²) in [6.45, 7) is 3.16. The molecule has 0 aliphatic heterocycles. The van der Waals surface area contributed by atoms with Crippen molar-refractivity contribution in [3.05, 3.63) is 0 Å². The summed E-state index contributed by atoms with van der Waals surface area (Å²) in [6, 6.07) is -0.0723. The van der Waals surface area contributed by atoms with E-state index in [1.54, 1.807) is 32.7 Å². The molecule has 0 aliphatic carbocycles. The van der Waals surface area contributed by atoms with E-state index in [1.165, 1.54) is 0 Å². The van der Waals surface area contributed by atoms with Gasteiger partial charge in [0, 0.05) is 17.9 Å². The molecule has 4 heteroatoms. The van der Waals surface area contributed by atoms with Gasteiger partial charge in [-0.2, -0.15) is 11.8 Å². The number of nitrogens with one attached hydrogen (secondary N) is 1. The van der Waals surface area contributed by atoms with Crippen LogP contribution in [0.3, 0.4) is 0 Å². The van der Waals surface area contributed by atoms with Crippen molar-refractivity contribution in [2.75, 3.05) is 18.6 Å². The molecule has 0 aliphatic rings. The molecule has 0 unspecified atom stereocenters. The second-order valence-corrected chi connectivity index (χ2v) is 4.13. The van der Waals surface area contributed by atoms with Gasteiger partial charge in [0.2, 0.25) is 0 Å². The molecule has 0 bridgehead atoms. The van der Waals surface area contributed by atoms with Gasteiger partial charge < -0.3 is 5.32 Å². The van der Waals surface area contributed by atoms with E-state index in [4.69, 9.17) is 0 Å². The first kappa shape index (κ1) is 12.7.